The maximum absolute atomic E-state index is 12.0. The van der Waals surface area contributed by atoms with Crippen LogP contribution >= 0.6 is 0 Å². The van der Waals surface area contributed by atoms with Crippen LogP contribution in [0.1, 0.15) is 15.9 Å². The molecule has 1 saturated heterocycles. The smallest absolute Gasteiger partial charge is 0.343 e. The fraction of sp³-hybridized carbons (Fsp3) is 0.125. The van der Waals surface area contributed by atoms with Gasteiger partial charge in [0.15, 0.2) is 0 Å². The van der Waals surface area contributed by atoms with Gasteiger partial charge < -0.3 is 4.74 Å². The van der Waals surface area contributed by atoms with Gasteiger partial charge >= 0.3 is 16.2 Å². The Hall–Kier alpha value is -2.71. The van der Waals surface area contributed by atoms with Crippen molar-refractivity contribution in [2.24, 2.45) is 0 Å². The third kappa shape index (κ3) is 3.61. The lowest BCUT2D eigenvalue weighted by Crippen LogP contribution is -2.29. The number of ether oxygens (including phenoxy) is 1. The molecule has 1 amide bonds. The zero-order chi connectivity index (χ0) is 17.2. The van der Waals surface area contributed by atoms with Gasteiger partial charge in [-0.1, -0.05) is 30.3 Å². The summed E-state index contributed by atoms with van der Waals surface area (Å²) in [6.45, 7) is -0.158. The van der Waals surface area contributed by atoms with Gasteiger partial charge in [0.1, 0.15) is 5.75 Å². The molecule has 0 unspecified atom stereocenters. The van der Waals surface area contributed by atoms with E-state index in [1.54, 1.807) is 48.5 Å². The lowest BCUT2D eigenvalue weighted by Gasteiger charge is -2.12. The van der Waals surface area contributed by atoms with Crippen LogP contribution in [0.2, 0.25) is 0 Å². The van der Waals surface area contributed by atoms with Gasteiger partial charge in [-0.05, 0) is 29.8 Å². The Bertz CT molecular complexity index is 863. The molecule has 8 heteroatoms. The Morgan fingerprint density at radius 1 is 1.08 bits per heavy atom. The third-order valence-corrected chi connectivity index (χ3v) is 4.83. The van der Waals surface area contributed by atoms with Crippen LogP contribution in [0.25, 0.3) is 0 Å². The summed E-state index contributed by atoms with van der Waals surface area (Å²) < 4.78 is 31.5. The first-order valence-electron chi connectivity index (χ1n) is 7.11. The number of nitrogens with zero attached hydrogens (tertiary/aromatic N) is 1. The van der Waals surface area contributed by atoms with Gasteiger partial charge in [-0.3, -0.25) is 4.79 Å². The highest BCUT2D eigenvalue weighted by atomic mass is 32.2. The number of rotatable bonds is 4. The average Bonchev–Trinajstić information content (AvgIpc) is 2.80. The molecule has 0 aromatic heterocycles. The minimum Gasteiger partial charge on any atom is -0.423 e. The minimum absolute atomic E-state index is 0.0507. The standard InChI is InChI=1S/C16H14N2O5S/c19-15-11-18(24(21,22)17-15)10-12-6-8-13(9-7-12)16(20)23-14-4-2-1-3-5-14/h1-9H,10-11H2,(H,17,19). The highest BCUT2D eigenvalue weighted by molar-refractivity contribution is 7.88. The van der Waals surface area contributed by atoms with Crippen LogP contribution in [0.3, 0.4) is 0 Å². The molecule has 2 aromatic carbocycles. The molecule has 0 saturated carbocycles. The third-order valence-electron chi connectivity index (χ3n) is 3.41. The van der Waals surface area contributed by atoms with Gasteiger partial charge in [0.25, 0.3) is 0 Å². The highest BCUT2D eigenvalue weighted by Gasteiger charge is 2.33. The van der Waals surface area contributed by atoms with E-state index >= 15 is 0 Å². The number of esters is 1. The van der Waals surface area contributed by atoms with E-state index in [1.165, 1.54) is 0 Å². The zero-order valence-electron chi connectivity index (χ0n) is 12.5. The molecule has 1 heterocycles. The Kier molecular flexibility index (Phi) is 4.32. The van der Waals surface area contributed by atoms with E-state index in [0.717, 1.165) is 4.31 Å². The van der Waals surface area contributed by atoms with Crippen molar-refractivity contribution < 1.29 is 22.7 Å². The second kappa shape index (κ2) is 6.42. The SMILES string of the molecule is O=C1CN(Cc2ccc(C(=O)Oc3ccccc3)cc2)S(=O)(=O)N1. The molecule has 0 bridgehead atoms. The summed E-state index contributed by atoms with van der Waals surface area (Å²) in [7, 11) is -3.76. The molecule has 124 valence electrons. The molecule has 0 radical (unpaired) electrons. The van der Waals surface area contributed by atoms with Crippen LogP contribution in [0.4, 0.5) is 0 Å². The molecular weight excluding hydrogens is 332 g/mol. The molecule has 1 aliphatic heterocycles. The second-order valence-corrected chi connectivity index (χ2v) is 6.87. The molecule has 1 aliphatic rings. The van der Waals surface area contributed by atoms with E-state index in [1.807, 2.05) is 10.8 Å². The van der Waals surface area contributed by atoms with E-state index in [0.29, 0.717) is 16.9 Å². The first-order chi connectivity index (χ1) is 11.4. The number of hydrogen-bond donors (Lipinski definition) is 1. The maximum atomic E-state index is 12.0. The summed E-state index contributed by atoms with van der Waals surface area (Å²) >= 11 is 0. The molecule has 7 nitrogen and oxygen atoms in total. The van der Waals surface area contributed by atoms with Crippen LogP contribution < -0.4 is 9.46 Å². The Balaban J connectivity index is 1.67. The van der Waals surface area contributed by atoms with Crippen molar-refractivity contribution in [2.45, 2.75) is 6.54 Å². The van der Waals surface area contributed by atoms with Crippen molar-refractivity contribution in [1.82, 2.24) is 9.03 Å². The van der Waals surface area contributed by atoms with Crippen LogP contribution in [-0.2, 0) is 21.5 Å². The van der Waals surface area contributed by atoms with Crippen LogP contribution in [0, 0.1) is 0 Å². The van der Waals surface area contributed by atoms with Gasteiger partial charge in [-0.25, -0.2) is 9.52 Å². The monoisotopic (exact) mass is 346 g/mol. The molecule has 0 spiro atoms. The number of benzene rings is 2. The van der Waals surface area contributed by atoms with Crippen molar-refractivity contribution in [2.75, 3.05) is 6.54 Å². The predicted octanol–water partition coefficient (Wildman–Crippen LogP) is 1.08. The minimum atomic E-state index is -3.76. The lowest BCUT2D eigenvalue weighted by molar-refractivity contribution is -0.118. The van der Waals surface area contributed by atoms with Gasteiger partial charge in [0.05, 0.1) is 12.1 Å². The van der Waals surface area contributed by atoms with E-state index in [9.17, 15) is 18.0 Å². The summed E-state index contributed by atoms with van der Waals surface area (Å²) in [6, 6.07) is 15.0. The fourth-order valence-corrected chi connectivity index (χ4v) is 3.32. The second-order valence-electron chi connectivity index (χ2n) is 5.20. The van der Waals surface area contributed by atoms with Gasteiger partial charge in [0.2, 0.25) is 5.91 Å². The molecule has 0 aliphatic carbocycles. The summed E-state index contributed by atoms with van der Waals surface area (Å²) in [5.74, 6) is -0.615. The van der Waals surface area contributed by atoms with Crippen molar-refractivity contribution in [1.29, 1.82) is 0 Å². The number of amides is 1. The Morgan fingerprint density at radius 3 is 2.33 bits per heavy atom. The molecule has 3 rings (SSSR count). The summed E-state index contributed by atoms with van der Waals surface area (Å²) in [5.41, 5.74) is 1.01. The highest BCUT2D eigenvalue weighted by Crippen LogP contribution is 2.15. The molecular formula is C16H14N2O5S. The molecule has 2 aromatic rings. The summed E-state index contributed by atoms with van der Waals surface area (Å²) in [6.07, 6.45) is 0. The molecule has 1 N–H and O–H groups in total. The van der Waals surface area contributed by atoms with Crippen molar-refractivity contribution >= 4 is 22.1 Å². The fourth-order valence-electron chi connectivity index (χ4n) is 2.23. The number of nitrogens with one attached hydrogen (secondary N) is 1. The van der Waals surface area contributed by atoms with E-state index < -0.39 is 22.1 Å². The molecule has 0 atom stereocenters. The van der Waals surface area contributed by atoms with Crippen molar-refractivity contribution in [3.05, 3.63) is 65.7 Å². The number of para-hydroxylation sites is 1. The van der Waals surface area contributed by atoms with Gasteiger partial charge in [0, 0.05) is 6.54 Å². The normalized spacial score (nSPS) is 16.6. The van der Waals surface area contributed by atoms with Crippen LogP contribution in [-0.4, -0.2) is 31.1 Å². The van der Waals surface area contributed by atoms with Crippen LogP contribution in [0.5, 0.6) is 5.75 Å². The lowest BCUT2D eigenvalue weighted by atomic mass is 10.1. The van der Waals surface area contributed by atoms with Crippen molar-refractivity contribution in [3.8, 4) is 5.75 Å². The average molecular weight is 346 g/mol. The summed E-state index contributed by atoms with van der Waals surface area (Å²) in [5, 5.41) is 0. The number of carbonyl (C=O) groups excluding carboxylic acids is 2. The summed E-state index contributed by atoms with van der Waals surface area (Å²) in [4.78, 5) is 23.2. The Morgan fingerprint density at radius 2 is 1.75 bits per heavy atom. The zero-order valence-corrected chi connectivity index (χ0v) is 13.3. The van der Waals surface area contributed by atoms with Crippen molar-refractivity contribution in [3.63, 3.8) is 0 Å². The van der Waals surface area contributed by atoms with Gasteiger partial charge in [-0.2, -0.15) is 12.7 Å². The first kappa shape index (κ1) is 16.2. The largest absolute Gasteiger partial charge is 0.423 e. The van der Waals surface area contributed by atoms with E-state index in [2.05, 4.69) is 0 Å². The number of hydrogen-bond acceptors (Lipinski definition) is 5. The van der Waals surface area contributed by atoms with Crippen LogP contribution in [0.15, 0.2) is 54.6 Å². The number of carbonyl (C=O) groups is 2. The first-order valence-corrected chi connectivity index (χ1v) is 8.55. The predicted molar refractivity (Wildman–Crippen MR) is 85.3 cm³/mol. The quantitative estimate of drug-likeness (QED) is 0.661. The molecule has 24 heavy (non-hydrogen) atoms. The Labute approximate surface area is 139 Å². The van der Waals surface area contributed by atoms with Gasteiger partial charge in [-0.15, -0.1) is 0 Å². The topological polar surface area (TPSA) is 92.8 Å². The maximum Gasteiger partial charge on any atom is 0.343 e. The van der Waals surface area contributed by atoms with E-state index in [-0.39, 0.29) is 13.1 Å². The van der Waals surface area contributed by atoms with E-state index in [4.69, 9.17) is 4.74 Å². The molecule has 1 fully saturated rings.